The summed E-state index contributed by atoms with van der Waals surface area (Å²) in [6, 6.07) is 4.23. The zero-order valence-corrected chi connectivity index (χ0v) is 15.7. The summed E-state index contributed by atoms with van der Waals surface area (Å²) in [7, 11) is 0. The summed E-state index contributed by atoms with van der Waals surface area (Å²) in [6.45, 7) is 6.29. The highest BCUT2D eigenvalue weighted by Crippen LogP contribution is 2.28. The van der Waals surface area contributed by atoms with Crippen molar-refractivity contribution in [1.29, 1.82) is 0 Å². The van der Waals surface area contributed by atoms with Gasteiger partial charge < -0.3 is 5.32 Å². The molecule has 6 nitrogen and oxygen atoms in total. The average molecular weight is 364 g/mol. The van der Waals surface area contributed by atoms with Crippen LogP contribution in [0.2, 0.25) is 0 Å². The van der Waals surface area contributed by atoms with E-state index in [9.17, 15) is 0 Å². The van der Waals surface area contributed by atoms with Gasteiger partial charge in [0.15, 0.2) is 5.65 Å². The molecule has 1 aliphatic heterocycles. The third-order valence-corrected chi connectivity index (χ3v) is 5.98. The second-order valence-electron chi connectivity index (χ2n) is 7.08. The van der Waals surface area contributed by atoms with Crippen molar-refractivity contribution in [3.05, 3.63) is 40.7 Å². The minimum absolute atomic E-state index is 0.735. The minimum atomic E-state index is 0.735. The van der Waals surface area contributed by atoms with Crippen LogP contribution in [-0.4, -0.2) is 37.7 Å². The number of hydrogen-bond donors (Lipinski definition) is 1. The van der Waals surface area contributed by atoms with Gasteiger partial charge in [0.1, 0.15) is 21.7 Å². The van der Waals surface area contributed by atoms with E-state index in [0.29, 0.717) is 0 Å². The van der Waals surface area contributed by atoms with Crippen molar-refractivity contribution in [2.24, 2.45) is 5.92 Å². The van der Waals surface area contributed by atoms with Crippen LogP contribution in [0.25, 0.3) is 27.4 Å². The fourth-order valence-electron chi connectivity index (χ4n) is 3.63. The number of hydrogen-bond acceptors (Lipinski definition) is 6. The smallest absolute Gasteiger partial charge is 0.156 e. The number of aromatic nitrogens is 5. The fourth-order valence-corrected chi connectivity index (χ4v) is 4.73. The Labute approximate surface area is 155 Å². The van der Waals surface area contributed by atoms with Crippen LogP contribution in [0.3, 0.4) is 0 Å². The zero-order chi connectivity index (χ0) is 17.7. The van der Waals surface area contributed by atoms with Crippen molar-refractivity contribution in [2.75, 3.05) is 13.1 Å². The SMILES string of the molecule is Cc1cn2nc(-c3cnc4cc(C[C@H]5CCNC5)sc4n3)cc(C)c2n1. The van der Waals surface area contributed by atoms with Crippen molar-refractivity contribution in [3.8, 4) is 11.4 Å². The van der Waals surface area contributed by atoms with Crippen LogP contribution < -0.4 is 5.32 Å². The summed E-state index contributed by atoms with van der Waals surface area (Å²) < 4.78 is 1.83. The van der Waals surface area contributed by atoms with Crippen LogP contribution in [0.15, 0.2) is 24.5 Å². The van der Waals surface area contributed by atoms with Crippen LogP contribution >= 0.6 is 11.3 Å². The van der Waals surface area contributed by atoms with Crippen molar-refractivity contribution < 1.29 is 0 Å². The Hall–Kier alpha value is -2.38. The summed E-state index contributed by atoms with van der Waals surface area (Å²) in [5, 5.41) is 8.11. The summed E-state index contributed by atoms with van der Waals surface area (Å²) in [5.41, 5.74) is 5.57. The van der Waals surface area contributed by atoms with Gasteiger partial charge in [0.2, 0.25) is 0 Å². The molecular weight excluding hydrogens is 344 g/mol. The lowest BCUT2D eigenvalue weighted by Gasteiger charge is -2.04. The molecule has 0 radical (unpaired) electrons. The van der Waals surface area contributed by atoms with Gasteiger partial charge in [-0.2, -0.15) is 5.10 Å². The number of nitrogens with zero attached hydrogens (tertiary/aromatic N) is 5. The summed E-state index contributed by atoms with van der Waals surface area (Å²) in [6.07, 6.45) is 6.14. The van der Waals surface area contributed by atoms with Crippen LogP contribution in [0.4, 0.5) is 0 Å². The molecule has 1 fully saturated rings. The predicted molar refractivity (Wildman–Crippen MR) is 104 cm³/mol. The Morgan fingerprint density at radius 1 is 1.23 bits per heavy atom. The first-order valence-electron chi connectivity index (χ1n) is 8.96. The van der Waals surface area contributed by atoms with E-state index in [1.54, 1.807) is 11.3 Å². The van der Waals surface area contributed by atoms with Gasteiger partial charge in [0, 0.05) is 4.88 Å². The third kappa shape index (κ3) is 2.77. The van der Waals surface area contributed by atoms with Gasteiger partial charge >= 0.3 is 0 Å². The second-order valence-corrected chi connectivity index (χ2v) is 8.20. The monoisotopic (exact) mass is 364 g/mol. The molecule has 0 amide bonds. The molecule has 1 atom stereocenters. The van der Waals surface area contributed by atoms with Crippen molar-refractivity contribution in [3.63, 3.8) is 0 Å². The van der Waals surface area contributed by atoms with E-state index >= 15 is 0 Å². The molecule has 26 heavy (non-hydrogen) atoms. The molecule has 1 aliphatic rings. The molecule has 4 aromatic rings. The van der Waals surface area contributed by atoms with Crippen molar-refractivity contribution in [1.82, 2.24) is 29.9 Å². The molecule has 1 N–H and O–H groups in total. The highest BCUT2D eigenvalue weighted by Gasteiger charge is 2.17. The quantitative estimate of drug-likeness (QED) is 0.605. The topological polar surface area (TPSA) is 68.0 Å². The van der Waals surface area contributed by atoms with Gasteiger partial charge in [0.25, 0.3) is 0 Å². The summed E-state index contributed by atoms with van der Waals surface area (Å²) in [4.78, 5) is 16.3. The molecule has 4 aromatic heterocycles. The van der Waals surface area contributed by atoms with E-state index in [0.717, 1.165) is 64.1 Å². The van der Waals surface area contributed by atoms with E-state index in [1.807, 2.05) is 29.9 Å². The van der Waals surface area contributed by atoms with Crippen LogP contribution in [0.5, 0.6) is 0 Å². The van der Waals surface area contributed by atoms with Gasteiger partial charge in [0.05, 0.1) is 18.1 Å². The maximum Gasteiger partial charge on any atom is 0.156 e. The molecule has 5 rings (SSSR count). The Balaban J connectivity index is 1.52. The number of thiophene rings is 1. The molecule has 7 heteroatoms. The molecule has 0 aromatic carbocycles. The summed E-state index contributed by atoms with van der Waals surface area (Å²) >= 11 is 1.76. The van der Waals surface area contributed by atoms with E-state index < -0.39 is 0 Å². The first kappa shape index (κ1) is 15.8. The molecule has 0 unspecified atom stereocenters. The predicted octanol–water partition coefficient (Wildman–Crippen LogP) is 3.17. The van der Waals surface area contributed by atoms with Gasteiger partial charge in [-0.3, -0.25) is 4.98 Å². The Morgan fingerprint density at radius 2 is 2.15 bits per heavy atom. The van der Waals surface area contributed by atoms with E-state index in [1.165, 1.54) is 11.3 Å². The van der Waals surface area contributed by atoms with Crippen LogP contribution in [0, 0.1) is 19.8 Å². The number of imidazole rings is 1. The first-order valence-corrected chi connectivity index (χ1v) is 9.77. The van der Waals surface area contributed by atoms with Crippen molar-refractivity contribution >= 4 is 27.3 Å². The lowest BCUT2D eigenvalue weighted by molar-refractivity contribution is 0.585. The molecular formula is C19H20N6S. The molecule has 1 saturated heterocycles. The summed E-state index contributed by atoms with van der Waals surface area (Å²) in [5.74, 6) is 0.735. The minimum Gasteiger partial charge on any atom is -0.316 e. The lowest BCUT2D eigenvalue weighted by Crippen LogP contribution is -2.10. The number of fused-ring (bicyclic) bond motifs is 2. The highest BCUT2D eigenvalue weighted by molar-refractivity contribution is 7.18. The number of nitrogens with one attached hydrogen (secondary N) is 1. The molecule has 0 aliphatic carbocycles. The second kappa shape index (κ2) is 6.10. The number of rotatable bonds is 3. The third-order valence-electron chi connectivity index (χ3n) is 4.94. The fraction of sp³-hybridized carbons (Fsp3) is 0.368. The molecule has 0 saturated carbocycles. The van der Waals surface area contributed by atoms with E-state index in [-0.39, 0.29) is 0 Å². The maximum atomic E-state index is 4.84. The Morgan fingerprint density at radius 3 is 3.00 bits per heavy atom. The zero-order valence-electron chi connectivity index (χ0n) is 14.9. The number of aryl methyl sites for hydroxylation is 2. The molecule has 0 spiro atoms. The van der Waals surface area contributed by atoms with Crippen LogP contribution in [0.1, 0.15) is 22.6 Å². The largest absolute Gasteiger partial charge is 0.316 e. The van der Waals surface area contributed by atoms with Gasteiger partial charge in [-0.15, -0.1) is 11.3 Å². The van der Waals surface area contributed by atoms with Gasteiger partial charge in [-0.05, 0) is 63.4 Å². The first-order chi connectivity index (χ1) is 12.7. The Kier molecular flexibility index (Phi) is 3.72. The lowest BCUT2D eigenvalue weighted by atomic mass is 10.0. The normalized spacial score (nSPS) is 17.5. The van der Waals surface area contributed by atoms with Gasteiger partial charge in [-0.25, -0.2) is 14.5 Å². The van der Waals surface area contributed by atoms with Gasteiger partial charge in [-0.1, -0.05) is 0 Å². The van der Waals surface area contributed by atoms with Crippen molar-refractivity contribution in [2.45, 2.75) is 26.7 Å². The van der Waals surface area contributed by atoms with E-state index in [4.69, 9.17) is 4.98 Å². The average Bonchev–Trinajstić information content (AvgIpc) is 3.33. The van der Waals surface area contributed by atoms with Crippen LogP contribution in [-0.2, 0) is 6.42 Å². The Bertz CT molecular complexity index is 1110. The maximum absolute atomic E-state index is 4.84. The van der Waals surface area contributed by atoms with E-state index in [2.05, 4.69) is 33.4 Å². The standard InChI is InChI=1S/C19H20N6S/c1-11-5-15(24-25-10-12(2)22-18(11)25)17-9-21-16-7-14(26-19(16)23-17)6-13-3-4-20-8-13/h5,7,9-10,13,20H,3-4,6,8H2,1-2H3/t13-/m1/s1. The molecule has 0 bridgehead atoms. The molecule has 132 valence electrons. The highest BCUT2D eigenvalue weighted by atomic mass is 32.1. The molecule has 5 heterocycles.